The molecule has 0 aliphatic carbocycles. The van der Waals surface area contributed by atoms with Gasteiger partial charge in [-0.05, 0) is 38.0 Å². The van der Waals surface area contributed by atoms with Crippen molar-refractivity contribution in [2.45, 2.75) is 25.7 Å². The Bertz CT molecular complexity index is 1220. The number of fused-ring (bicyclic) bond motifs is 1. The number of furan rings is 1. The molecule has 0 bridgehead atoms. The Morgan fingerprint density at radius 2 is 1.93 bits per heavy atom. The second kappa shape index (κ2) is 7.23. The summed E-state index contributed by atoms with van der Waals surface area (Å²) in [6.45, 7) is 3.05. The fourth-order valence-corrected chi connectivity index (χ4v) is 3.71. The van der Waals surface area contributed by atoms with Crippen LogP contribution >= 0.6 is 0 Å². The Labute approximate surface area is 166 Å². The number of imidazole rings is 1. The number of piperidine rings is 1. The summed E-state index contributed by atoms with van der Waals surface area (Å²) in [4.78, 5) is 46.2. The average molecular weight is 397 g/mol. The van der Waals surface area contributed by atoms with Gasteiger partial charge in [0.25, 0.3) is 5.56 Å². The zero-order chi connectivity index (χ0) is 20.7. The van der Waals surface area contributed by atoms with Gasteiger partial charge in [0.15, 0.2) is 5.65 Å². The molecule has 9 heteroatoms. The largest absolute Gasteiger partial charge is 0.462 e. The normalized spacial score (nSPS) is 15.6. The second-order valence-corrected chi connectivity index (χ2v) is 7.41. The smallest absolute Gasteiger partial charge is 0.332 e. The molecule has 0 atom stereocenters. The van der Waals surface area contributed by atoms with Crippen molar-refractivity contribution in [3.63, 3.8) is 0 Å². The molecule has 9 nitrogen and oxygen atoms in total. The Morgan fingerprint density at radius 3 is 2.59 bits per heavy atom. The maximum absolute atomic E-state index is 12.4. The molecule has 0 aromatic carbocycles. The number of aryl methyl sites for hydroxylation is 2. The number of aromatic nitrogens is 4. The van der Waals surface area contributed by atoms with E-state index < -0.39 is 5.69 Å². The van der Waals surface area contributed by atoms with E-state index in [0.29, 0.717) is 35.8 Å². The van der Waals surface area contributed by atoms with E-state index >= 15 is 0 Å². The van der Waals surface area contributed by atoms with Crippen LogP contribution in [0.2, 0.25) is 0 Å². The van der Waals surface area contributed by atoms with Crippen molar-refractivity contribution < 1.29 is 9.21 Å². The Hall–Kier alpha value is -3.36. The van der Waals surface area contributed by atoms with Gasteiger partial charge < -0.3 is 14.3 Å². The first kappa shape index (κ1) is 19.0. The predicted octanol–water partition coefficient (Wildman–Crippen LogP) is 1.28. The number of nitrogens with one attached hydrogen (secondary N) is 1. The lowest BCUT2D eigenvalue weighted by molar-refractivity contribution is -0.127. The third-order valence-corrected chi connectivity index (χ3v) is 5.46. The van der Waals surface area contributed by atoms with Crippen LogP contribution < -0.4 is 11.2 Å². The summed E-state index contributed by atoms with van der Waals surface area (Å²) in [5, 5.41) is 0. The number of likely N-dealkylation sites (tertiary alicyclic amines) is 1. The molecule has 1 aliphatic heterocycles. The minimum atomic E-state index is -0.403. The molecule has 3 aromatic heterocycles. The molecule has 1 aliphatic rings. The fourth-order valence-electron chi connectivity index (χ4n) is 3.71. The van der Waals surface area contributed by atoms with E-state index in [-0.39, 0.29) is 17.4 Å². The molecule has 1 N–H and O–H groups in total. The van der Waals surface area contributed by atoms with Crippen LogP contribution in [0.25, 0.3) is 17.2 Å². The molecule has 152 valence electrons. The third kappa shape index (κ3) is 3.43. The Kier molecular flexibility index (Phi) is 4.73. The van der Waals surface area contributed by atoms with Crippen LogP contribution in [0.4, 0.5) is 0 Å². The molecule has 4 rings (SSSR count). The highest BCUT2D eigenvalue weighted by Gasteiger charge is 2.26. The number of nitrogens with zero attached hydrogens (tertiary/aromatic N) is 4. The number of hydrogen-bond donors (Lipinski definition) is 1. The van der Waals surface area contributed by atoms with Crippen molar-refractivity contribution in [1.82, 2.24) is 24.0 Å². The number of carbonyl (C=O) groups excluding carboxylic acids is 1. The summed E-state index contributed by atoms with van der Waals surface area (Å²) >= 11 is 0. The van der Waals surface area contributed by atoms with E-state index in [4.69, 9.17) is 4.42 Å². The molecule has 4 heterocycles. The van der Waals surface area contributed by atoms with Crippen molar-refractivity contribution in [2.75, 3.05) is 13.1 Å². The quantitative estimate of drug-likeness (QED) is 0.670. The maximum Gasteiger partial charge on any atom is 0.332 e. The first-order chi connectivity index (χ1) is 13.8. The van der Waals surface area contributed by atoms with E-state index in [2.05, 4.69) is 9.97 Å². The molecule has 1 fully saturated rings. The van der Waals surface area contributed by atoms with Crippen LogP contribution in [-0.2, 0) is 18.9 Å². The van der Waals surface area contributed by atoms with Crippen molar-refractivity contribution in [3.8, 4) is 0 Å². The molecule has 1 amide bonds. The molecule has 0 spiro atoms. The van der Waals surface area contributed by atoms with Gasteiger partial charge in [0.1, 0.15) is 22.9 Å². The number of rotatable bonds is 3. The zero-order valence-corrected chi connectivity index (χ0v) is 16.6. The molecule has 0 saturated carbocycles. The highest BCUT2D eigenvalue weighted by atomic mass is 16.3. The SMILES string of the molecule is Cc1ccc(/C=C/C(=O)N2CCC(c3nc4c([nH]3)c(=O)n(C)c(=O)n4C)CC2)o1. The van der Waals surface area contributed by atoms with Crippen LogP contribution in [0.5, 0.6) is 0 Å². The summed E-state index contributed by atoms with van der Waals surface area (Å²) in [6.07, 6.45) is 4.66. The minimum Gasteiger partial charge on any atom is -0.462 e. The van der Waals surface area contributed by atoms with E-state index in [1.54, 1.807) is 18.0 Å². The molecule has 29 heavy (non-hydrogen) atoms. The van der Waals surface area contributed by atoms with Crippen molar-refractivity contribution in [2.24, 2.45) is 14.1 Å². The van der Waals surface area contributed by atoms with E-state index in [9.17, 15) is 14.4 Å². The number of aromatic amines is 1. The number of H-pyrrole nitrogens is 1. The first-order valence-corrected chi connectivity index (χ1v) is 9.54. The highest BCUT2D eigenvalue weighted by Crippen LogP contribution is 2.27. The lowest BCUT2D eigenvalue weighted by Gasteiger charge is -2.30. The number of amides is 1. The lowest BCUT2D eigenvalue weighted by atomic mass is 9.96. The predicted molar refractivity (Wildman–Crippen MR) is 108 cm³/mol. The van der Waals surface area contributed by atoms with Gasteiger partial charge in [-0.1, -0.05) is 0 Å². The average Bonchev–Trinajstić information content (AvgIpc) is 3.35. The van der Waals surface area contributed by atoms with Gasteiger partial charge in [0, 0.05) is 39.2 Å². The number of carbonyl (C=O) groups is 1. The van der Waals surface area contributed by atoms with Crippen molar-refractivity contribution >= 4 is 23.1 Å². The van der Waals surface area contributed by atoms with Gasteiger partial charge in [-0.25, -0.2) is 9.78 Å². The van der Waals surface area contributed by atoms with Gasteiger partial charge in [-0.15, -0.1) is 0 Å². The zero-order valence-electron chi connectivity index (χ0n) is 16.6. The second-order valence-electron chi connectivity index (χ2n) is 7.41. The van der Waals surface area contributed by atoms with Crippen LogP contribution in [0.3, 0.4) is 0 Å². The Balaban J connectivity index is 1.47. The molecule has 1 saturated heterocycles. The highest BCUT2D eigenvalue weighted by molar-refractivity contribution is 5.91. The monoisotopic (exact) mass is 397 g/mol. The number of hydrogen-bond acceptors (Lipinski definition) is 5. The molecular formula is C20H23N5O4. The topological polar surface area (TPSA) is 106 Å². The van der Waals surface area contributed by atoms with E-state index in [1.165, 1.54) is 17.7 Å². The lowest BCUT2D eigenvalue weighted by Crippen LogP contribution is -2.37. The first-order valence-electron chi connectivity index (χ1n) is 9.54. The van der Waals surface area contributed by atoms with Gasteiger partial charge in [0.2, 0.25) is 5.91 Å². The van der Waals surface area contributed by atoms with E-state index in [0.717, 1.165) is 23.2 Å². The van der Waals surface area contributed by atoms with Crippen LogP contribution in [-0.4, -0.2) is 43.0 Å². The summed E-state index contributed by atoms with van der Waals surface area (Å²) in [7, 11) is 3.05. The maximum atomic E-state index is 12.4. The van der Waals surface area contributed by atoms with E-state index in [1.807, 2.05) is 19.1 Å². The Morgan fingerprint density at radius 1 is 1.21 bits per heavy atom. The minimum absolute atomic E-state index is 0.0571. The molecule has 0 unspecified atom stereocenters. The summed E-state index contributed by atoms with van der Waals surface area (Å²) in [5.41, 5.74) is -0.0877. The standard InChI is InChI=1S/C20H23N5O4/c1-12-4-5-14(29-12)6-7-15(26)25-10-8-13(9-11-25)17-21-16-18(22-17)23(2)20(28)24(3)19(16)27/h4-7,13H,8-11H2,1-3H3,(H,21,22)/b7-6+. The summed E-state index contributed by atoms with van der Waals surface area (Å²) in [6, 6.07) is 3.68. The molecular weight excluding hydrogens is 374 g/mol. The van der Waals surface area contributed by atoms with Crippen LogP contribution in [0, 0.1) is 6.92 Å². The van der Waals surface area contributed by atoms with Crippen molar-refractivity contribution in [3.05, 3.63) is 56.4 Å². The van der Waals surface area contributed by atoms with Gasteiger partial charge in [-0.2, -0.15) is 0 Å². The summed E-state index contributed by atoms with van der Waals surface area (Å²) in [5.74, 6) is 2.18. The summed E-state index contributed by atoms with van der Waals surface area (Å²) < 4.78 is 7.88. The van der Waals surface area contributed by atoms with Gasteiger partial charge in [-0.3, -0.25) is 18.7 Å². The van der Waals surface area contributed by atoms with Crippen LogP contribution in [0.1, 0.15) is 36.1 Å². The molecule has 0 radical (unpaired) electrons. The molecule has 3 aromatic rings. The van der Waals surface area contributed by atoms with Crippen molar-refractivity contribution in [1.29, 1.82) is 0 Å². The van der Waals surface area contributed by atoms with Gasteiger partial charge >= 0.3 is 5.69 Å². The van der Waals surface area contributed by atoms with Crippen LogP contribution in [0.15, 0.2) is 32.2 Å². The fraction of sp³-hybridized carbons (Fsp3) is 0.400. The third-order valence-electron chi connectivity index (χ3n) is 5.46. The van der Waals surface area contributed by atoms with Gasteiger partial charge in [0.05, 0.1) is 0 Å².